The fourth-order valence-corrected chi connectivity index (χ4v) is 2.49. The van der Waals surface area contributed by atoms with Crippen LogP contribution >= 0.6 is 0 Å². The topological polar surface area (TPSA) is 29.9 Å². The third-order valence-corrected chi connectivity index (χ3v) is 3.31. The summed E-state index contributed by atoms with van der Waals surface area (Å²) in [6.07, 6.45) is 1.08. The van der Waals surface area contributed by atoms with Crippen molar-refractivity contribution in [2.24, 2.45) is 0 Å². The Hall–Kier alpha value is -1.77. The molecule has 3 heteroatoms. The zero-order chi connectivity index (χ0) is 11.8. The van der Waals surface area contributed by atoms with E-state index in [-0.39, 0.29) is 0 Å². The molecule has 0 radical (unpaired) electrons. The summed E-state index contributed by atoms with van der Waals surface area (Å²) in [5.74, 6) is 1.21. The van der Waals surface area contributed by atoms with E-state index in [1.54, 1.807) is 0 Å². The second-order valence-electron chi connectivity index (χ2n) is 4.54. The quantitative estimate of drug-likeness (QED) is 0.855. The molecule has 0 atom stereocenters. The van der Waals surface area contributed by atoms with E-state index in [9.17, 15) is 0 Å². The molecule has 1 aliphatic rings. The highest BCUT2D eigenvalue weighted by Gasteiger charge is 2.22. The molecule has 2 aromatic rings. The van der Waals surface area contributed by atoms with Crippen molar-refractivity contribution in [3.8, 4) is 11.3 Å². The smallest absolute Gasteiger partial charge is 0.128 e. The van der Waals surface area contributed by atoms with Crippen LogP contribution in [0.1, 0.15) is 18.1 Å². The average Bonchev–Trinajstić information content (AvgIpc) is 2.89. The largest absolute Gasteiger partial charge is 0.370 e. The van der Waals surface area contributed by atoms with E-state index in [0.717, 1.165) is 25.2 Å². The Balaban J connectivity index is 2.15. The van der Waals surface area contributed by atoms with Gasteiger partial charge < -0.3 is 5.32 Å². The standard InChI is InChI=1S/C14H17N3/c1-3-17-14-12(7-8-15-14)13(16-17)11-6-4-5-10(2)9-11/h4-6,9,15H,3,7-8H2,1-2H3. The predicted molar refractivity (Wildman–Crippen MR) is 70.3 cm³/mol. The molecule has 1 aromatic carbocycles. The van der Waals surface area contributed by atoms with Crippen LogP contribution in [0, 0.1) is 6.92 Å². The van der Waals surface area contributed by atoms with Gasteiger partial charge in [0.25, 0.3) is 0 Å². The Morgan fingerprint density at radius 3 is 3.06 bits per heavy atom. The lowest BCUT2D eigenvalue weighted by atomic mass is 10.0. The van der Waals surface area contributed by atoms with Crippen molar-refractivity contribution in [2.75, 3.05) is 11.9 Å². The van der Waals surface area contributed by atoms with Gasteiger partial charge in [-0.2, -0.15) is 5.10 Å². The van der Waals surface area contributed by atoms with Gasteiger partial charge in [0, 0.05) is 24.2 Å². The SMILES string of the molecule is CCn1nc(-c2cccc(C)c2)c2c1NCC2. The molecule has 0 amide bonds. The van der Waals surface area contributed by atoms with E-state index in [4.69, 9.17) is 5.10 Å². The zero-order valence-corrected chi connectivity index (χ0v) is 10.3. The number of anilines is 1. The molecule has 0 spiro atoms. The number of benzene rings is 1. The number of fused-ring (bicyclic) bond motifs is 1. The number of rotatable bonds is 2. The summed E-state index contributed by atoms with van der Waals surface area (Å²) in [5, 5.41) is 8.14. The molecule has 3 rings (SSSR count). The molecule has 1 N–H and O–H groups in total. The first-order chi connectivity index (χ1) is 8.29. The number of nitrogens with zero attached hydrogens (tertiary/aromatic N) is 2. The lowest BCUT2D eigenvalue weighted by molar-refractivity contribution is 0.668. The van der Waals surface area contributed by atoms with Gasteiger partial charge in [0.2, 0.25) is 0 Å². The number of aryl methyl sites for hydroxylation is 2. The Morgan fingerprint density at radius 2 is 2.29 bits per heavy atom. The third-order valence-electron chi connectivity index (χ3n) is 3.31. The third kappa shape index (κ3) is 1.62. The first-order valence-electron chi connectivity index (χ1n) is 6.20. The molecule has 0 unspecified atom stereocenters. The van der Waals surface area contributed by atoms with Gasteiger partial charge in [0.1, 0.15) is 5.82 Å². The highest BCUT2D eigenvalue weighted by molar-refractivity contribution is 5.71. The van der Waals surface area contributed by atoms with Crippen molar-refractivity contribution >= 4 is 5.82 Å². The number of nitrogens with one attached hydrogen (secondary N) is 1. The fourth-order valence-electron chi connectivity index (χ4n) is 2.49. The molecular weight excluding hydrogens is 210 g/mol. The van der Waals surface area contributed by atoms with Crippen molar-refractivity contribution in [1.82, 2.24) is 9.78 Å². The summed E-state index contributed by atoms with van der Waals surface area (Å²) in [6, 6.07) is 8.58. The molecule has 0 saturated heterocycles. The summed E-state index contributed by atoms with van der Waals surface area (Å²) >= 11 is 0. The summed E-state index contributed by atoms with van der Waals surface area (Å²) in [7, 11) is 0. The molecule has 0 fully saturated rings. The lowest BCUT2D eigenvalue weighted by Crippen LogP contribution is -2.04. The summed E-state index contributed by atoms with van der Waals surface area (Å²) in [4.78, 5) is 0. The maximum Gasteiger partial charge on any atom is 0.128 e. The summed E-state index contributed by atoms with van der Waals surface area (Å²) < 4.78 is 2.07. The van der Waals surface area contributed by atoms with Crippen molar-refractivity contribution in [1.29, 1.82) is 0 Å². The zero-order valence-electron chi connectivity index (χ0n) is 10.3. The van der Waals surface area contributed by atoms with Crippen LogP contribution in [0.4, 0.5) is 5.82 Å². The normalized spacial score (nSPS) is 13.5. The Kier molecular flexibility index (Phi) is 2.39. The van der Waals surface area contributed by atoms with Crippen molar-refractivity contribution in [2.45, 2.75) is 26.8 Å². The highest BCUT2D eigenvalue weighted by atomic mass is 15.3. The maximum absolute atomic E-state index is 4.72. The molecule has 2 heterocycles. The number of hydrogen-bond acceptors (Lipinski definition) is 2. The molecule has 0 aliphatic carbocycles. The van der Waals surface area contributed by atoms with Gasteiger partial charge in [-0.25, -0.2) is 4.68 Å². The Bertz CT molecular complexity index is 555. The minimum atomic E-state index is 0.918. The average molecular weight is 227 g/mol. The van der Waals surface area contributed by atoms with Gasteiger partial charge >= 0.3 is 0 Å². The minimum absolute atomic E-state index is 0.918. The Labute approximate surface area is 101 Å². The second kappa shape index (κ2) is 3.91. The van der Waals surface area contributed by atoms with Crippen LogP contribution < -0.4 is 5.32 Å². The van der Waals surface area contributed by atoms with Crippen molar-refractivity contribution < 1.29 is 0 Å². The molecule has 0 saturated carbocycles. The van der Waals surface area contributed by atoms with Gasteiger partial charge in [0.15, 0.2) is 0 Å². The van der Waals surface area contributed by atoms with Crippen LogP contribution in [-0.4, -0.2) is 16.3 Å². The Morgan fingerprint density at radius 1 is 1.41 bits per heavy atom. The van der Waals surface area contributed by atoms with E-state index >= 15 is 0 Å². The van der Waals surface area contributed by atoms with Crippen LogP contribution in [0.15, 0.2) is 24.3 Å². The van der Waals surface area contributed by atoms with Crippen LogP contribution in [0.2, 0.25) is 0 Å². The van der Waals surface area contributed by atoms with Gasteiger partial charge in [0.05, 0.1) is 5.69 Å². The van der Waals surface area contributed by atoms with Crippen LogP contribution in [0.5, 0.6) is 0 Å². The van der Waals surface area contributed by atoms with Crippen LogP contribution in [0.3, 0.4) is 0 Å². The maximum atomic E-state index is 4.72. The molecule has 1 aliphatic heterocycles. The molecule has 88 valence electrons. The van der Waals surface area contributed by atoms with E-state index < -0.39 is 0 Å². The lowest BCUT2D eigenvalue weighted by Gasteiger charge is -2.02. The summed E-state index contributed by atoms with van der Waals surface area (Å²) in [6.45, 7) is 6.21. The van der Waals surface area contributed by atoms with Gasteiger partial charge in [-0.15, -0.1) is 0 Å². The monoisotopic (exact) mass is 227 g/mol. The van der Waals surface area contributed by atoms with Crippen LogP contribution in [0.25, 0.3) is 11.3 Å². The van der Waals surface area contributed by atoms with E-state index in [1.165, 1.54) is 22.5 Å². The molecule has 3 nitrogen and oxygen atoms in total. The predicted octanol–water partition coefficient (Wildman–Crippen LogP) is 2.85. The van der Waals surface area contributed by atoms with Gasteiger partial charge in [-0.05, 0) is 26.3 Å². The van der Waals surface area contributed by atoms with E-state index in [1.807, 2.05) is 0 Å². The van der Waals surface area contributed by atoms with Crippen molar-refractivity contribution in [3.05, 3.63) is 35.4 Å². The van der Waals surface area contributed by atoms with Gasteiger partial charge in [-0.1, -0.05) is 23.8 Å². The van der Waals surface area contributed by atoms with Crippen LogP contribution in [-0.2, 0) is 13.0 Å². The molecule has 0 bridgehead atoms. The van der Waals surface area contributed by atoms with E-state index in [2.05, 4.69) is 48.1 Å². The second-order valence-corrected chi connectivity index (χ2v) is 4.54. The molecule has 1 aromatic heterocycles. The molecular formula is C14H17N3. The first kappa shape index (κ1) is 10.4. The van der Waals surface area contributed by atoms with E-state index in [0.29, 0.717) is 0 Å². The summed E-state index contributed by atoms with van der Waals surface area (Å²) in [5.41, 5.74) is 5.04. The fraction of sp³-hybridized carbons (Fsp3) is 0.357. The molecule has 17 heavy (non-hydrogen) atoms. The van der Waals surface area contributed by atoms with Crippen molar-refractivity contribution in [3.63, 3.8) is 0 Å². The van der Waals surface area contributed by atoms with Gasteiger partial charge in [-0.3, -0.25) is 0 Å². The minimum Gasteiger partial charge on any atom is -0.370 e. The first-order valence-corrected chi connectivity index (χ1v) is 6.20. The number of aromatic nitrogens is 2. The highest BCUT2D eigenvalue weighted by Crippen LogP contribution is 2.32. The number of hydrogen-bond donors (Lipinski definition) is 1.